The summed E-state index contributed by atoms with van der Waals surface area (Å²) in [7, 11) is 0. The molecule has 12 nitrogen and oxygen atoms in total. The number of carbonyl (C=O) groups is 5. The number of carbonyl (C=O) groups excluding carboxylic acids is 4. The van der Waals surface area contributed by atoms with Crippen molar-refractivity contribution in [1.29, 1.82) is 0 Å². The molecule has 0 saturated carbocycles. The number of hydrogen-bond acceptors (Lipinski definition) is 7. The van der Waals surface area contributed by atoms with E-state index in [1.165, 1.54) is 4.90 Å². The van der Waals surface area contributed by atoms with Crippen LogP contribution in [0.1, 0.15) is 78.6 Å². The average molecular weight is 570 g/mol. The van der Waals surface area contributed by atoms with Crippen molar-refractivity contribution in [1.82, 2.24) is 26.2 Å². The highest BCUT2D eigenvalue weighted by atomic mass is 32.2. The van der Waals surface area contributed by atoms with E-state index in [2.05, 4.69) is 21.3 Å². The highest BCUT2D eigenvalue weighted by Gasteiger charge is 2.42. The van der Waals surface area contributed by atoms with Gasteiger partial charge in [-0.05, 0) is 65.7 Å². The van der Waals surface area contributed by atoms with Crippen molar-refractivity contribution in [3.05, 3.63) is 0 Å². The molecule has 5 amide bonds. The standard InChI is InChI=1S/C26H43N5O7S/c1-26(2,3)38-25(37)31-14-8-10-18(31)22(33)28-16(23(34)35)9-6-7-13-27-20(32)12-5-4-11-19-21-17(15-39-19)29-24(36)30-21/h16-19,21H,4-15H2,1-3H3,(H,27,32)(H,28,33)(H,34,35)(H2,29,30,36)/t16-,17-,18-,19-,21-/m0/s1. The number of amides is 5. The largest absolute Gasteiger partial charge is 0.480 e. The zero-order chi connectivity index (χ0) is 28.6. The Morgan fingerprint density at radius 2 is 1.92 bits per heavy atom. The molecule has 3 saturated heterocycles. The number of urea groups is 1. The molecule has 5 atom stereocenters. The van der Waals surface area contributed by atoms with Gasteiger partial charge in [0.25, 0.3) is 0 Å². The number of nitrogens with one attached hydrogen (secondary N) is 4. The van der Waals surface area contributed by atoms with Crippen molar-refractivity contribution in [3.8, 4) is 0 Å². The molecule has 0 aromatic carbocycles. The molecule has 5 N–H and O–H groups in total. The molecule has 3 aliphatic heterocycles. The molecule has 0 spiro atoms. The van der Waals surface area contributed by atoms with Crippen LogP contribution < -0.4 is 21.3 Å². The predicted octanol–water partition coefficient (Wildman–Crippen LogP) is 1.97. The zero-order valence-corrected chi connectivity index (χ0v) is 23.9. The first kappa shape index (κ1) is 30.8. The van der Waals surface area contributed by atoms with E-state index in [0.717, 1.165) is 25.0 Å². The number of thioether (sulfide) groups is 1. The van der Waals surface area contributed by atoms with E-state index in [4.69, 9.17) is 4.74 Å². The summed E-state index contributed by atoms with van der Waals surface area (Å²) in [6.07, 6.45) is 4.93. The van der Waals surface area contributed by atoms with E-state index >= 15 is 0 Å². The fourth-order valence-electron chi connectivity index (χ4n) is 5.17. The van der Waals surface area contributed by atoms with E-state index in [-0.39, 0.29) is 30.4 Å². The van der Waals surface area contributed by atoms with Crippen LogP contribution in [0.3, 0.4) is 0 Å². The lowest BCUT2D eigenvalue weighted by molar-refractivity contribution is -0.142. The van der Waals surface area contributed by atoms with Gasteiger partial charge in [-0.25, -0.2) is 14.4 Å². The Kier molecular flexibility index (Phi) is 11.1. The Labute approximate surface area is 234 Å². The molecule has 0 bridgehead atoms. The van der Waals surface area contributed by atoms with Gasteiger partial charge in [-0.15, -0.1) is 0 Å². The van der Waals surface area contributed by atoms with Crippen LogP contribution in [-0.4, -0.2) is 93.8 Å². The molecular weight excluding hydrogens is 526 g/mol. The first-order chi connectivity index (χ1) is 18.4. The maximum atomic E-state index is 12.8. The molecule has 3 rings (SSSR count). The Morgan fingerprint density at radius 3 is 2.64 bits per heavy atom. The number of hydrogen-bond donors (Lipinski definition) is 5. The third kappa shape index (κ3) is 9.47. The number of carboxylic acids is 1. The number of fused-ring (bicyclic) bond motifs is 1. The van der Waals surface area contributed by atoms with E-state index in [1.807, 2.05) is 11.8 Å². The molecular formula is C26H43N5O7S. The molecule has 0 unspecified atom stereocenters. The second-order valence-electron chi connectivity index (χ2n) is 11.4. The third-order valence-corrected chi connectivity index (χ3v) is 8.63. The minimum Gasteiger partial charge on any atom is -0.480 e. The maximum Gasteiger partial charge on any atom is 0.410 e. The topological polar surface area (TPSA) is 166 Å². The van der Waals surface area contributed by atoms with Crippen LogP contribution in [-0.2, 0) is 19.1 Å². The lowest BCUT2D eigenvalue weighted by atomic mass is 10.0. The monoisotopic (exact) mass is 569 g/mol. The Balaban J connectivity index is 1.28. The van der Waals surface area contributed by atoms with Crippen LogP contribution in [0.15, 0.2) is 0 Å². The van der Waals surface area contributed by atoms with Crippen molar-refractivity contribution < 1.29 is 33.8 Å². The summed E-state index contributed by atoms with van der Waals surface area (Å²) in [6, 6.07) is -1.52. The maximum absolute atomic E-state index is 12.8. The number of likely N-dealkylation sites (tertiary alicyclic amines) is 1. The number of aliphatic carboxylic acids is 1. The first-order valence-corrected chi connectivity index (χ1v) is 15.0. The van der Waals surface area contributed by atoms with Gasteiger partial charge in [0, 0.05) is 30.5 Å². The highest BCUT2D eigenvalue weighted by Crippen LogP contribution is 2.33. The minimum atomic E-state index is -1.13. The third-order valence-electron chi connectivity index (χ3n) is 7.12. The van der Waals surface area contributed by atoms with Gasteiger partial charge in [-0.1, -0.05) is 6.42 Å². The molecule has 0 aliphatic carbocycles. The van der Waals surface area contributed by atoms with Crippen LogP contribution in [0, 0.1) is 0 Å². The quantitative estimate of drug-likeness (QED) is 0.166. The molecule has 220 valence electrons. The average Bonchev–Trinajstić information content (AvgIpc) is 3.56. The predicted molar refractivity (Wildman–Crippen MR) is 146 cm³/mol. The lowest BCUT2D eigenvalue weighted by Gasteiger charge is -2.28. The highest BCUT2D eigenvalue weighted by molar-refractivity contribution is 8.00. The molecule has 3 heterocycles. The fourth-order valence-corrected chi connectivity index (χ4v) is 6.71. The van der Waals surface area contributed by atoms with Gasteiger partial charge in [-0.2, -0.15) is 11.8 Å². The molecule has 0 aromatic rings. The molecule has 13 heteroatoms. The number of unbranched alkanes of at least 4 members (excludes halogenated alkanes) is 2. The molecule has 39 heavy (non-hydrogen) atoms. The molecule has 0 radical (unpaired) electrons. The van der Waals surface area contributed by atoms with Crippen molar-refractivity contribution >= 4 is 41.7 Å². The number of ether oxygens (including phenoxy) is 1. The summed E-state index contributed by atoms with van der Waals surface area (Å²) in [5, 5.41) is 21.3. The smallest absolute Gasteiger partial charge is 0.410 e. The van der Waals surface area contributed by atoms with Crippen molar-refractivity contribution in [2.24, 2.45) is 0 Å². The Hall–Kier alpha value is -2.70. The molecule has 3 aliphatic rings. The van der Waals surface area contributed by atoms with Crippen LogP contribution >= 0.6 is 11.8 Å². The van der Waals surface area contributed by atoms with Crippen molar-refractivity contribution in [2.75, 3.05) is 18.8 Å². The second kappa shape index (κ2) is 14.1. The summed E-state index contributed by atoms with van der Waals surface area (Å²) in [5.41, 5.74) is -0.689. The molecule has 3 fully saturated rings. The summed E-state index contributed by atoms with van der Waals surface area (Å²) in [4.78, 5) is 61.9. The van der Waals surface area contributed by atoms with Crippen molar-refractivity contribution in [2.45, 2.75) is 114 Å². The minimum absolute atomic E-state index is 0.0330. The van der Waals surface area contributed by atoms with Gasteiger partial charge >= 0.3 is 18.1 Å². The van der Waals surface area contributed by atoms with E-state index in [0.29, 0.717) is 50.4 Å². The fraction of sp³-hybridized carbons (Fsp3) is 0.808. The second-order valence-corrected chi connectivity index (χ2v) is 12.7. The normalized spacial score (nSPS) is 24.9. The summed E-state index contributed by atoms with van der Waals surface area (Å²) in [6.45, 7) is 6.08. The van der Waals surface area contributed by atoms with Crippen LogP contribution in [0.4, 0.5) is 9.59 Å². The van der Waals surface area contributed by atoms with Crippen LogP contribution in [0.25, 0.3) is 0 Å². The summed E-state index contributed by atoms with van der Waals surface area (Å²) >= 11 is 1.86. The number of carboxylic acid groups (broad SMARTS) is 1. The van der Waals surface area contributed by atoms with E-state index < -0.39 is 35.7 Å². The van der Waals surface area contributed by atoms with Crippen LogP contribution in [0.2, 0.25) is 0 Å². The van der Waals surface area contributed by atoms with Gasteiger partial charge in [0.15, 0.2) is 0 Å². The first-order valence-electron chi connectivity index (χ1n) is 13.9. The van der Waals surface area contributed by atoms with Gasteiger partial charge < -0.3 is 31.1 Å². The molecule has 0 aromatic heterocycles. The zero-order valence-electron chi connectivity index (χ0n) is 23.1. The summed E-state index contributed by atoms with van der Waals surface area (Å²) in [5.74, 6) is -0.730. The van der Waals surface area contributed by atoms with Gasteiger partial charge in [0.05, 0.1) is 12.1 Å². The number of rotatable bonds is 13. The van der Waals surface area contributed by atoms with Gasteiger partial charge in [0.1, 0.15) is 17.7 Å². The van der Waals surface area contributed by atoms with Crippen LogP contribution in [0.5, 0.6) is 0 Å². The van der Waals surface area contributed by atoms with Gasteiger partial charge in [0.2, 0.25) is 11.8 Å². The SMILES string of the molecule is CC(C)(C)OC(=O)N1CCC[C@H]1C(=O)N[C@@H](CCCCNC(=O)CCCC[C@@H]1SC[C@@H]2NC(=O)N[C@@H]21)C(=O)O. The number of nitrogens with zero attached hydrogens (tertiary/aromatic N) is 1. The van der Waals surface area contributed by atoms with Gasteiger partial charge in [-0.3, -0.25) is 14.5 Å². The van der Waals surface area contributed by atoms with E-state index in [9.17, 15) is 29.1 Å². The van der Waals surface area contributed by atoms with Crippen molar-refractivity contribution in [3.63, 3.8) is 0 Å². The Bertz CT molecular complexity index is 912. The van der Waals surface area contributed by atoms with E-state index in [1.54, 1.807) is 20.8 Å². The summed E-state index contributed by atoms with van der Waals surface area (Å²) < 4.78 is 5.38. The Morgan fingerprint density at radius 1 is 1.15 bits per heavy atom. The lowest BCUT2D eigenvalue weighted by Crippen LogP contribution is -2.51.